The Morgan fingerprint density at radius 2 is 2.32 bits per heavy atom. The number of carbonyl (C=O) groups is 1. The van der Waals surface area contributed by atoms with E-state index in [4.69, 9.17) is 4.74 Å². The molecule has 0 spiro atoms. The van der Waals surface area contributed by atoms with Gasteiger partial charge in [-0.15, -0.1) is 0 Å². The summed E-state index contributed by atoms with van der Waals surface area (Å²) in [6.45, 7) is 5.55. The summed E-state index contributed by atoms with van der Waals surface area (Å²) < 4.78 is 6.05. The van der Waals surface area contributed by atoms with E-state index in [2.05, 4.69) is 32.5 Å². The maximum Gasteiger partial charge on any atom is 0.333 e. The van der Waals surface area contributed by atoms with Gasteiger partial charge in [-0.1, -0.05) is 22.5 Å². The number of fused-ring (bicyclic) bond motifs is 1. The number of ether oxygens (including phenoxy) is 1. The molecule has 100 valence electrons. The van der Waals surface area contributed by atoms with Crippen molar-refractivity contribution in [3.63, 3.8) is 0 Å². The summed E-state index contributed by atoms with van der Waals surface area (Å²) in [5.41, 5.74) is 2.37. The Morgan fingerprint density at radius 1 is 1.53 bits per heavy atom. The van der Waals surface area contributed by atoms with Gasteiger partial charge in [0.1, 0.15) is 5.82 Å². The molecule has 0 aliphatic carbocycles. The van der Waals surface area contributed by atoms with Crippen molar-refractivity contribution in [1.29, 1.82) is 0 Å². The van der Waals surface area contributed by atoms with Crippen LogP contribution < -0.4 is 0 Å². The standard InChI is InChI=1S/C14H15BrN2O2/c1-9(2)14(18)19-7-3-4-13-16-11-6-5-10(15)8-12(11)17-13/h5-6,8H,1,3-4,7H2,2H3,(H,16,17). The highest BCUT2D eigenvalue weighted by atomic mass is 79.9. The van der Waals surface area contributed by atoms with E-state index < -0.39 is 0 Å². The number of halogens is 1. The van der Waals surface area contributed by atoms with Crippen molar-refractivity contribution in [1.82, 2.24) is 9.97 Å². The van der Waals surface area contributed by atoms with Crippen molar-refractivity contribution in [3.05, 3.63) is 40.6 Å². The average molecular weight is 323 g/mol. The molecule has 0 bridgehead atoms. The molecule has 1 aromatic carbocycles. The first-order chi connectivity index (χ1) is 9.06. The fraction of sp³-hybridized carbons (Fsp3) is 0.286. The van der Waals surface area contributed by atoms with Crippen molar-refractivity contribution < 1.29 is 9.53 Å². The van der Waals surface area contributed by atoms with E-state index in [0.29, 0.717) is 12.2 Å². The van der Waals surface area contributed by atoms with Crippen molar-refractivity contribution >= 4 is 32.9 Å². The van der Waals surface area contributed by atoms with Crippen LogP contribution in [0, 0.1) is 0 Å². The fourth-order valence-corrected chi connectivity index (χ4v) is 2.04. The van der Waals surface area contributed by atoms with Crippen LogP contribution in [0.3, 0.4) is 0 Å². The number of rotatable bonds is 5. The first-order valence-corrected chi connectivity index (χ1v) is 6.82. The molecule has 0 aliphatic rings. The maximum absolute atomic E-state index is 11.2. The first kappa shape index (κ1) is 13.8. The van der Waals surface area contributed by atoms with E-state index in [0.717, 1.165) is 34.2 Å². The lowest BCUT2D eigenvalue weighted by molar-refractivity contribution is -0.139. The van der Waals surface area contributed by atoms with Gasteiger partial charge >= 0.3 is 5.97 Å². The Kier molecular flexibility index (Phi) is 4.37. The second-order valence-electron chi connectivity index (χ2n) is 4.36. The summed E-state index contributed by atoms with van der Waals surface area (Å²) in [7, 11) is 0. The molecule has 5 heteroatoms. The predicted molar refractivity (Wildman–Crippen MR) is 77.9 cm³/mol. The van der Waals surface area contributed by atoms with Crippen molar-refractivity contribution in [3.8, 4) is 0 Å². The zero-order valence-electron chi connectivity index (χ0n) is 10.7. The van der Waals surface area contributed by atoms with Crippen LogP contribution in [-0.2, 0) is 16.0 Å². The molecule has 0 fully saturated rings. The molecule has 1 aromatic heterocycles. The van der Waals surface area contributed by atoms with E-state index in [1.165, 1.54) is 0 Å². The molecule has 0 amide bonds. The number of aryl methyl sites for hydroxylation is 1. The van der Waals surface area contributed by atoms with Crippen LogP contribution in [0.2, 0.25) is 0 Å². The SMILES string of the molecule is C=C(C)C(=O)OCCCc1nc2ccc(Br)cc2[nH]1. The lowest BCUT2D eigenvalue weighted by atomic mass is 10.3. The quantitative estimate of drug-likeness (QED) is 0.521. The van der Waals surface area contributed by atoms with Gasteiger partial charge in [-0.2, -0.15) is 0 Å². The monoisotopic (exact) mass is 322 g/mol. The topological polar surface area (TPSA) is 55.0 Å². The molecule has 0 saturated heterocycles. The third-order valence-corrected chi connectivity index (χ3v) is 3.13. The molecule has 0 atom stereocenters. The van der Waals surface area contributed by atoms with Gasteiger partial charge in [0.15, 0.2) is 0 Å². The number of aromatic nitrogens is 2. The van der Waals surface area contributed by atoms with E-state index >= 15 is 0 Å². The van der Waals surface area contributed by atoms with Gasteiger partial charge in [-0.05, 0) is 31.5 Å². The summed E-state index contributed by atoms with van der Waals surface area (Å²) in [6.07, 6.45) is 1.48. The minimum atomic E-state index is -0.339. The fourth-order valence-electron chi connectivity index (χ4n) is 1.68. The number of hydrogen-bond donors (Lipinski definition) is 1. The van der Waals surface area contributed by atoms with E-state index in [1.807, 2.05) is 18.2 Å². The van der Waals surface area contributed by atoms with Crippen molar-refractivity contribution in [2.75, 3.05) is 6.61 Å². The van der Waals surface area contributed by atoms with Gasteiger partial charge in [-0.25, -0.2) is 9.78 Å². The highest BCUT2D eigenvalue weighted by Gasteiger charge is 2.05. The van der Waals surface area contributed by atoms with Gasteiger partial charge in [0.25, 0.3) is 0 Å². The van der Waals surface area contributed by atoms with Gasteiger partial charge in [-0.3, -0.25) is 0 Å². The number of imidazole rings is 1. The average Bonchev–Trinajstić information content (AvgIpc) is 2.75. The number of nitrogens with one attached hydrogen (secondary N) is 1. The number of esters is 1. The third-order valence-electron chi connectivity index (χ3n) is 2.63. The van der Waals surface area contributed by atoms with Gasteiger partial charge in [0.2, 0.25) is 0 Å². The highest BCUT2D eigenvalue weighted by Crippen LogP contribution is 2.18. The number of H-pyrrole nitrogens is 1. The zero-order chi connectivity index (χ0) is 13.8. The van der Waals surface area contributed by atoms with Gasteiger partial charge in [0, 0.05) is 16.5 Å². The van der Waals surface area contributed by atoms with Crippen LogP contribution in [0.15, 0.2) is 34.8 Å². The number of hydrogen-bond acceptors (Lipinski definition) is 3. The molecule has 0 aliphatic heterocycles. The molecule has 1 N–H and O–H groups in total. The second-order valence-corrected chi connectivity index (χ2v) is 5.28. The smallest absolute Gasteiger partial charge is 0.333 e. The number of aromatic amines is 1. The van der Waals surface area contributed by atoms with Crippen LogP contribution >= 0.6 is 15.9 Å². The Hall–Kier alpha value is -1.62. The summed E-state index contributed by atoms with van der Waals surface area (Å²) >= 11 is 3.42. The summed E-state index contributed by atoms with van der Waals surface area (Å²) in [5, 5.41) is 0. The highest BCUT2D eigenvalue weighted by molar-refractivity contribution is 9.10. The first-order valence-electron chi connectivity index (χ1n) is 6.03. The Balaban J connectivity index is 1.88. The van der Waals surface area contributed by atoms with Crippen LogP contribution in [0.5, 0.6) is 0 Å². The predicted octanol–water partition coefficient (Wildman–Crippen LogP) is 3.38. The largest absolute Gasteiger partial charge is 0.462 e. The lowest BCUT2D eigenvalue weighted by Crippen LogP contribution is -2.07. The normalized spacial score (nSPS) is 10.6. The van der Waals surface area contributed by atoms with Crippen molar-refractivity contribution in [2.45, 2.75) is 19.8 Å². The lowest BCUT2D eigenvalue weighted by Gasteiger charge is -2.02. The summed E-state index contributed by atoms with van der Waals surface area (Å²) in [6, 6.07) is 5.91. The van der Waals surface area contributed by atoms with Crippen molar-refractivity contribution in [2.24, 2.45) is 0 Å². The Labute approximate surface area is 120 Å². The van der Waals surface area contributed by atoms with Gasteiger partial charge < -0.3 is 9.72 Å². The van der Waals surface area contributed by atoms with Crippen LogP contribution in [0.4, 0.5) is 0 Å². The molecular weight excluding hydrogens is 308 g/mol. The van der Waals surface area contributed by atoms with Gasteiger partial charge in [0.05, 0.1) is 17.6 Å². The molecule has 0 radical (unpaired) electrons. The number of nitrogens with zero attached hydrogens (tertiary/aromatic N) is 1. The third kappa shape index (κ3) is 3.67. The zero-order valence-corrected chi connectivity index (χ0v) is 12.3. The minimum absolute atomic E-state index is 0.339. The number of benzene rings is 1. The van der Waals surface area contributed by atoms with E-state index in [1.54, 1.807) is 6.92 Å². The van der Waals surface area contributed by atoms with Crippen LogP contribution in [0.25, 0.3) is 11.0 Å². The molecule has 1 heterocycles. The van der Waals surface area contributed by atoms with E-state index in [9.17, 15) is 4.79 Å². The van der Waals surface area contributed by atoms with Crippen LogP contribution in [0.1, 0.15) is 19.2 Å². The van der Waals surface area contributed by atoms with E-state index in [-0.39, 0.29) is 5.97 Å². The molecule has 0 saturated carbocycles. The summed E-state index contributed by atoms with van der Waals surface area (Å²) in [5.74, 6) is 0.563. The molecule has 0 unspecified atom stereocenters. The molecule has 4 nitrogen and oxygen atoms in total. The molecule has 2 rings (SSSR count). The molecular formula is C14H15BrN2O2. The Morgan fingerprint density at radius 3 is 3.05 bits per heavy atom. The second kappa shape index (κ2) is 6.02. The molecule has 19 heavy (non-hydrogen) atoms. The molecule has 2 aromatic rings. The maximum atomic E-state index is 11.2. The minimum Gasteiger partial charge on any atom is -0.462 e. The number of carbonyl (C=O) groups excluding carboxylic acids is 1. The summed E-state index contributed by atoms with van der Waals surface area (Å²) in [4.78, 5) is 18.9. The van der Waals surface area contributed by atoms with Crippen LogP contribution in [-0.4, -0.2) is 22.5 Å². The Bertz CT molecular complexity index is 619.